The highest BCUT2D eigenvalue weighted by atomic mass is 35.5. The number of sulfonamides is 1. The third-order valence-corrected chi connectivity index (χ3v) is 6.09. The molecule has 7 heteroatoms. The number of aromatic nitrogens is 1. The Morgan fingerprint density at radius 3 is 2.81 bits per heavy atom. The fraction of sp³-hybridized carbons (Fsp3) is 0.643. The number of nitrogens with one attached hydrogen (secondary N) is 1. The molecule has 0 spiro atoms. The van der Waals surface area contributed by atoms with Gasteiger partial charge in [0.05, 0.1) is 5.02 Å². The van der Waals surface area contributed by atoms with E-state index >= 15 is 0 Å². The normalized spacial score (nSPS) is 23.2. The van der Waals surface area contributed by atoms with Crippen molar-refractivity contribution in [1.29, 1.82) is 0 Å². The Labute approximate surface area is 136 Å². The van der Waals surface area contributed by atoms with Crippen LogP contribution in [-0.2, 0) is 10.0 Å². The Hall–Kier alpha value is -0.360. The summed E-state index contributed by atoms with van der Waals surface area (Å²) in [6, 6.07) is 1.32. The second-order valence-electron chi connectivity index (χ2n) is 5.77. The van der Waals surface area contributed by atoms with Gasteiger partial charge in [-0.05, 0) is 30.7 Å². The number of halogens is 2. The topological polar surface area (TPSA) is 59.1 Å². The van der Waals surface area contributed by atoms with Gasteiger partial charge in [-0.25, -0.2) is 18.1 Å². The molecule has 1 heterocycles. The largest absolute Gasteiger partial charge is 0.242 e. The molecule has 0 amide bonds. The first-order valence-electron chi connectivity index (χ1n) is 7.19. The van der Waals surface area contributed by atoms with Gasteiger partial charge in [0.25, 0.3) is 0 Å². The fourth-order valence-corrected chi connectivity index (χ4v) is 4.21. The van der Waals surface area contributed by atoms with E-state index in [4.69, 9.17) is 23.2 Å². The summed E-state index contributed by atoms with van der Waals surface area (Å²) in [4.78, 5) is 3.82. The predicted molar refractivity (Wildman–Crippen MR) is 85.2 cm³/mol. The third-order valence-electron chi connectivity index (χ3n) is 3.97. The summed E-state index contributed by atoms with van der Waals surface area (Å²) < 4.78 is 26.9. The molecule has 2 unspecified atom stereocenters. The highest BCUT2D eigenvalue weighted by Crippen LogP contribution is 2.30. The van der Waals surface area contributed by atoms with Gasteiger partial charge in [-0.2, -0.15) is 0 Å². The molecule has 0 aromatic carbocycles. The van der Waals surface area contributed by atoms with Crippen molar-refractivity contribution in [3.63, 3.8) is 0 Å². The SMILES string of the molecule is CC1CCCC(CCNS(=O)(=O)c2cnc(Cl)c(Cl)c2)C1. The monoisotopic (exact) mass is 350 g/mol. The van der Waals surface area contributed by atoms with E-state index in [1.54, 1.807) is 0 Å². The molecule has 0 radical (unpaired) electrons. The van der Waals surface area contributed by atoms with E-state index in [1.807, 2.05) is 0 Å². The van der Waals surface area contributed by atoms with Crippen molar-refractivity contribution in [3.8, 4) is 0 Å². The van der Waals surface area contributed by atoms with Crippen LogP contribution in [0.3, 0.4) is 0 Å². The lowest BCUT2D eigenvalue weighted by Gasteiger charge is -2.26. The van der Waals surface area contributed by atoms with Crippen LogP contribution in [0, 0.1) is 11.8 Å². The zero-order valence-corrected chi connectivity index (χ0v) is 14.3. The quantitative estimate of drug-likeness (QED) is 0.819. The van der Waals surface area contributed by atoms with Gasteiger partial charge in [0.15, 0.2) is 0 Å². The number of nitrogens with zero attached hydrogens (tertiary/aromatic N) is 1. The molecule has 1 aromatic heterocycles. The van der Waals surface area contributed by atoms with Gasteiger partial charge in [-0.3, -0.25) is 0 Å². The maximum Gasteiger partial charge on any atom is 0.242 e. The lowest BCUT2D eigenvalue weighted by atomic mass is 9.81. The maximum atomic E-state index is 12.1. The minimum atomic E-state index is -3.57. The van der Waals surface area contributed by atoms with Crippen LogP contribution < -0.4 is 4.72 Å². The molecule has 2 rings (SSSR count). The first-order chi connectivity index (χ1) is 9.88. The van der Waals surface area contributed by atoms with Gasteiger partial charge in [0.2, 0.25) is 10.0 Å². The Kier molecular flexibility index (Phi) is 5.88. The molecular weight excluding hydrogens is 331 g/mol. The van der Waals surface area contributed by atoms with Crippen LogP contribution in [0.25, 0.3) is 0 Å². The van der Waals surface area contributed by atoms with Crippen molar-refractivity contribution in [3.05, 3.63) is 22.4 Å². The number of hydrogen-bond donors (Lipinski definition) is 1. The van der Waals surface area contributed by atoms with Crippen LogP contribution in [0.5, 0.6) is 0 Å². The van der Waals surface area contributed by atoms with Gasteiger partial charge in [0.1, 0.15) is 10.0 Å². The van der Waals surface area contributed by atoms with E-state index in [-0.39, 0.29) is 15.1 Å². The van der Waals surface area contributed by atoms with Crippen molar-refractivity contribution in [1.82, 2.24) is 9.71 Å². The Balaban J connectivity index is 1.90. The highest BCUT2D eigenvalue weighted by molar-refractivity contribution is 7.89. The molecule has 4 nitrogen and oxygen atoms in total. The van der Waals surface area contributed by atoms with E-state index < -0.39 is 10.0 Å². The van der Waals surface area contributed by atoms with Crippen molar-refractivity contribution in [2.24, 2.45) is 11.8 Å². The summed E-state index contributed by atoms with van der Waals surface area (Å²) in [5, 5.41) is 0.243. The van der Waals surface area contributed by atoms with E-state index in [2.05, 4.69) is 16.6 Å². The molecular formula is C14H20Cl2N2O2S. The van der Waals surface area contributed by atoms with Gasteiger partial charge in [0, 0.05) is 12.7 Å². The third kappa shape index (κ3) is 4.81. The van der Waals surface area contributed by atoms with E-state index in [9.17, 15) is 8.42 Å². The molecule has 2 atom stereocenters. The summed E-state index contributed by atoms with van der Waals surface area (Å²) in [5.41, 5.74) is 0. The summed E-state index contributed by atoms with van der Waals surface area (Å²) in [7, 11) is -3.57. The highest BCUT2D eigenvalue weighted by Gasteiger charge is 2.20. The second-order valence-corrected chi connectivity index (χ2v) is 8.30. The van der Waals surface area contributed by atoms with Crippen molar-refractivity contribution < 1.29 is 8.42 Å². The molecule has 0 saturated heterocycles. The summed E-state index contributed by atoms with van der Waals surface area (Å²) in [6.07, 6.45) is 7.01. The number of rotatable bonds is 5. The van der Waals surface area contributed by atoms with Crippen LogP contribution in [0.15, 0.2) is 17.2 Å². The van der Waals surface area contributed by atoms with Crippen molar-refractivity contribution in [2.45, 2.75) is 43.9 Å². The standard InChI is InChI=1S/C14H20Cl2N2O2S/c1-10-3-2-4-11(7-10)5-6-18-21(19,20)12-8-13(15)14(16)17-9-12/h8-11,18H,2-7H2,1H3. The van der Waals surface area contributed by atoms with Gasteiger partial charge < -0.3 is 0 Å². The van der Waals surface area contributed by atoms with Crippen LogP contribution in [0.2, 0.25) is 10.2 Å². The molecule has 0 aliphatic heterocycles. The zero-order chi connectivity index (χ0) is 15.5. The number of pyridine rings is 1. The van der Waals surface area contributed by atoms with Gasteiger partial charge in [-0.15, -0.1) is 0 Å². The minimum absolute atomic E-state index is 0.0499. The smallest absolute Gasteiger partial charge is 0.242 e. The number of hydrogen-bond acceptors (Lipinski definition) is 3. The molecule has 1 aliphatic carbocycles. The van der Waals surface area contributed by atoms with Gasteiger partial charge in [-0.1, -0.05) is 49.4 Å². The van der Waals surface area contributed by atoms with Crippen LogP contribution in [0.1, 0.15) is 39.0 Å². The molecule has 1 N–H and O–H groups in total. The van der Waals surface area contributed by atoms with Gasteiger partial charge >= 0.3 is 0 Å². The molecule has 1 fully saturated rings. The van der Waals surface area contributed by atoms with E-state index in [1.165, 1.54) is 37.9 Å². The summed E-state index contributed by atoms with van der Waals surface area (Å²) in [6.45, 7) is 2.71. The van der Waals surface area contributed by atoms with E-state index in [0.717, 1.165) is 12.3 Å². The average Bonchev–Trinajstić information content (AvgIpc) is 2.41. The molecule has 21 heavy (non-hydrogen) atoms. The fourth-order valence-electron chi connectivity index (χ4n) is 2.85. The first-order valence-corrected chi connectivity index (χ1v) is 9.43. The van der Waals surface area contributed by atoms with Crippen molar-refractivity contribution >= 4 is 33.2 Å². The van der Waals surface area contributed by atoms with E-state index in [0.29, 0.717) is 12.5 Å². The summed E-state index contributed by atoms with van der Waals surface area (Å²) >= 11 is 11.5. The lowest BCUT2D eigenvalue weighted by Crippen LogP contribution is -2.27. The Morgan fingerprint density at radius 2 is 2.14 bits per heavy atom. The van der Waals surface area contributed by atoms with Crippen LogP contribution >= 0.6 is 23.2 Å². The minimum Gasteiger partial charge on any atom is -0.242 e. The Morgan fingerprint density at radius 1 is 1.38 bits per heavy atom. The predicted octanol–water partition coefficient (Wildman–Crippen LogP) is 3.88. The van der Waals surface area contributed by atoms with Crippen LogP contribution in [-0.4, -0.2) is 19.9 Å². The van der Waals surface area contributed by atoms with Crippen LogP contribution in [0.4, 0.5) is 0 Å². The maximum absolute atomic E-state index is 12.1. The lowest BCUT2D eigenvalue weighted by molar-refractivity contribution is 0.271. The molecule has 1 saturated carbocycles. The summed E-state index contributed by atoms with van der Waals surface area (Å²) in [5.74, 6) is 1.36. The molecule has 1 aliphatic rings. The molecule has 1 aromatic rings. The zero-order valence-electron chi connectivity index (χ0n) is 12.0. The Bertz CT molecular complexity index is 593. The molecule has 118 valence electrons. The first kappa shape index (κ1) is 17.0. The van der Waals surface area contributed by atoms with Crippen molar-refractivity contribution in [2.75, 3.05) is 6.54 Å². The molecule has 0 bridgehead atoms. The average molecular weight is 351 g/mol. The second kappa shape index (κ2) is 7.27.